The van der Waals surface area contributed by atoms with Crippen LogP contribution < -0.4 is 5.32 Å². The lowest BCUT2D eigenvalue weighted by atomic mass is 10.1. The van der Waals surface area contributed by atoms with Gasteiger partial charge in [-0.25, -0.2) is 4.98 Å². The van der Waals surface area contributed by atoms with E-state index in [1.165, 1.54) is 5.56 Å². The van der Waals surface area contributed by atoms with Gasteiger partial charge in [-0.15, -0.1) is 0 Å². The number of aromatic nitrogens is 2. The van der Waals surface area contributed by atoms with E-state index in [1.54, 1.807) is 6.20 Å². The second-order valence-electron chi connectivity index (χ2n) is 5.04. The van der Waals surface area contributed by atoms with E-state index in [2.05, 4.69) is 27.4 Å². The van der Waals surface area contributed by atoms with Gasteiger partial charge in [0.15, 0.2) is 0 Å². The van der Waals surface area contributed by atoms with E-state index in [4.69, 9.17) is 0 Å². The van der Waals surface area contributed by atoms with Gasteiger partial charge in [0.2, 0.25) is 0 Å². The van der Waals surface area contributed by atoms with Gasteiger partial charge < -0.3 is 10.4 Å². The van der Waals surface area contributed by atoms with Crippen LogP contribution in [0.4, 0.5) is 5.82 Å². The van der Waals surface area contributed by atoms with Crippen LogP contribution in [0.15, 0.2) is 30.5 Å². The third-order valence-corrected chi connectivity index (χ3v) is 3.57. The monoisotopic (exact) mass is 255 g/mol. The van der Waals surface area contributed by atoms with Crippen LogP contribution in [-0.2, 0) is 6.42 Å². The second-order valence-corrected chi connectivity index (χ2v) is 5.04. The number of aryl methyl sites for hydroxylation is 2. The molecule has 1 aromatic carbocycles. The Bertz CT molecular complexity index is 612. The number of nitrogens with zero attached hydrogens (tertiary/aromatic N) is 2. The third-order valence-electron chi connectivity index (χ3n) is 3.57. The maximum absolute atomic E-state index is 10.2. The van der Waals surface area contributed by atoms with Crippen molar-refractivity contribution >= 4 is 5.82 Å². The van der Waals surface area contributed by atoms with Crippen molar-refractivity contribution in [3.05, 3.63) is 53.0 Å². The summed E-state index contributed by atoms with van der Waals surface area (Å²) in [6, 6.07) is 8.02. The molecule has 0 amide bonds. The Hall–Kier alpha value is -1.94. The van der Waals surface area contributed by atoms with Crippen molar-refractivity contribution in [2.24, 2.45) is 0 Å². The second kappa shape index (κ2) is 4.63. The van der Waals surface area contributed by atoms with Crippen LogP contribution in [-0.4, -0.2) is 21.2 Å². The Morgan fingerprint density at radius 2 is 2.05 bits per heavy atom. The number of aliphatic hydroxyl groups excluding tert-OH is 1. The molecule has 2 aromatic rings. The standard InChI is InChI=1S/C15H17N3O/c1-9-8-16-10(2)15(17-9)18-14-12-6-4-3-5-11(12)7-13(14)19/h3-6,8,13-14,19H,7H2,1-2H3,(H,17,18). The van der Waals surface area contributed by atoms with Gasteiger partial charge in [0.25, 0.3) is 0 Å². The van der Waals surface area contributed by atoms with E-state index in [1.807, 2.05) is 26.0 Å². The summed E-state index contributed by atoms with van der Waals surface area (Å²) in [4.78, 5) is 8.75. The van der Waals surface area contributed by atoms with Crippen LogP contribution in [0.3, 0.4) is 0 Å². The zero-order valence-electron chi connectivity index (χ0n) is 11.1. The summed E-state index contributed by atoms with van der Waals surface area (Å²) in [6.45, 7) is 3.83. The highest BCUT2D eigenvalue weighted by Crippen LogP contribution is 2.34. The molecule has 2 atom stereocenters. The predicted molar refractivity (Wildman–Crippen MR) is 74.0 cm³/mol. The minimum atomic E-state index is -0.417. The Morgan fingerprint density at radius 3 is 2.89 bits per heavy atom. The summed E-state index contributed by atoms with van der Waals surface area (Å²) in [5.41, 5.74) is 4.07. The fraction of sp³-hybridized carbons (Fsp3) is 0.333. The van der Waals surface area contributed by atoms with Crippen molar-refractivity contribution in [2.45, 2.75) is 32.4 Å². The maximum atomic E-state index is 10.2. The predicted octanol–water partition coefficient (Wildman–Crippen LogP) is 2.16. The molecular formula is C15H17N3O. The fourth-order valence-electron chi connectivity index (χ4n) is 2.57. The normalized spacial score (nSPS) is 21.2. The molecule has 4 nitrogen and oxygen atoms in total. The van der Waals surface area contributed by atoms with E-state index in [-0.39, 0.29) is 6.04 Å². The van der Waals surface area contributed by atoms with Crippen LogP contribution in [0, 0.1) is 13.8 Å². The Balaban J connectivity index is 1.93. The smallest absolute Gasteiger partial charge is 0.148 e. The summed E-state index contributed by atoms with van der Waals surface area (Å²) in [6.07, 6.45) is 2.02. The molecule has 1 aliphatic carbocycles. The number of fused-ring (bicyclic) bond motifs is 1. The molecule has 98 valence electrons. The van der Waals surface area contributed by atoms with E-state index in [0.29, 0.717) is 6.42 Å². The fourth-order valence-corrected chi connectivity index (χ4v) is 2.57. The summed E-state index contributed by atoms with van der Waals surface area (Å²) >= 11 is 0. The quantitative estimate of drug-likeness (QED) is 0.863. The molecule has 0 fully saturated rings. The molecule has 1 heterocycles. The molecular weight excluding hydrogens is 238 g/mol. The van der Waals surface area contributed by atoms with Gasteiger partial charge in [0.05, 0.1) is 23.5 Å². The van der Waals surface area contributed by atoms with Gasteiger partial charge in [-0.3, -0.25) is 4.98 Å². The van der Waals surface area contributed by atoms with Gasteiger partial charge in [0.1, 0.15) is 5.82 Å². The first-order valence-electron chi connectivity index (χ1n) is 6.48. The molecule has 0 radical (unpaired) electrons. The van der Waals surface area contributed by atoms with Gasteiger partial charge in [-0.05, 0) is 25.0 Å². The Morgan fingerprint density at radius 1 is 1.26 bits per heavy atom. The minimum Gasteiger partial charge on any atom is -0.390 e. The summed E-state index contributed by atoms with van der Waals surface area (Å²) < 4.78 is 0. The van der Waals surface area contributed by atoms with Crippen LogP contribution in [0.5, 0.6) is 0 Å². The molecule has 1 aromatic heterocycles. The van der Waals surface area contributed by atoms with Crippen molar-refractivity contribution < 1.29 is 5.11 Å². The average molecular weight is 255 g/mol. The van der Waals surface area contributed by atoms with Crippen molar-refractivity contribution in [2.75, 3.05) is 5.32 Å². The van der Waals surface area contributed by atoms with E-state index < -0.39 is 6.10 Å². The first-order valence-corrected chi connectivity index (χ1v) is 6.48. The highest BCUT2D eigenvalue weighted by atomic mass is 16.3. The van der Waals surface area contributed by atoms with E-state index in [9.17, 15) is 5.11 Å². The first-order chi connectivity index (χ1) is 9.15. The van der Waals surface area contributed by atoms with Gasteiger partial charge in [-0.1, -0.05) is 24.3 Å². The van der Waals surface area contributed by atoms with Crippen molar-refractivity contribution in [3.63, 3.8) is 0 Å². The lowest BCUT2D eigenvalue weighted by molar-refractivity contribution is 0.165. The summed E-state index contributed by atoms with van der Waals surface area (Å²) in [5, 5.41) is 13.6. The van der Waals surface area contributed by atoms with Crippen LogP contribution >= 0.6 is 0 Å². The van der Waals surface area contributed by atoms with Crippen LogP contribution in [0.2, 0.25) is 0 Å². The van der Waals surface area contributed by atoms with Gasteiger partial charge >= 0.3 is 0 Å². The highest BCUT2D eigenvalue weighted by molar-refractivity contribution is 5.47. The number of anilines is 1. The third kappa shape index (κ3) is 2.19. The molecule has 4 heteroatoms. The molecule has 0 aliphatic heterocycles. The molecule has 0 spiro atoms. The topological polar surface area (TPSA) is 58.0 Å². The maximum Gasteiger partial charge on any atom is 0.148 e. The summed E-state index contributed by atoms with van der Waals surface area (Å²) in [7, 11) is 0. The zero-order chi connectivity index (χ0) is 13.4. The number of hydrogen-bond donors (Lipinski definition) is 2. The molecule has 0 saturated heterocycles. The number of benzene rings is 1. The average Bonchev–Trinajstić information content (AvgIpc) is 2.71. The first kappa shape index (κ1) is 12.1. The molecule has 2 unspecified atom stereocenters. The molecule has 2 N–H and O–H groups in total. The summed E-state index contributed by atoms with van der Waals surface area (Å²) in [5.74, 6) is 0.751. The minimum absolute atomic E-state index is 0.106. The van der Waals surface area contributed by atoms with Crippen molar-refractivity contribution in [3.8, 4) is 0 Å². The SMILES string of the molecule is Cc1cnc(C)c(NC2c3ccccc3CC2O)n1. The molecule has 19 heavy (non-hydrogen) atoms. The number of nitrogens with one attached hydrogen (secondary N) is 1. The van der Waals surface area contributed by atoms with Crippen LogP contribution in [0.1, 0.15) is 28.6 Å². The molecule has 0 bridgehead atoms. The van der Waals surface area contributed by atoms with E-state index >= 15 is 0 Å². The highest BCUT2D eigenvalue weighted by Gasteiger charge is 2.31. The lowest BCUT2D eigenvalue weighted by Crippen LogP contribution is -2.22. The zero-order valence-corrected chi connectivity index (χ0v) is 11.1. The number of aliphatic hydroxyl groups is 1. The van der Waals surface area contributed by atoms with Crippen molar-refractivity contribution in [1.82, 2.24) is 9.97 Å². The molecule has 0 saturated carbocycles. The van der Waals surface area contributed by atoms with E-state index in [0.717, 1.165) is 22.8 Å². The largest absolute Gasteiger partial charge is 0.390 e. The lowest BCUT2D eigenvalue weighted by Gasteiger charge is -2.19. The van der Waals surface area contributed by atoms with Gasteiger partial charge in [-0.2, -0.15) is 0 Å². The van der Waals surface area contributed by atoms with Gasteiger partial charge in [0, 0.05) is 12.6 Å². The van der Waals surface area contributed by atoms with Crippen molar-refractivity contribution in [1.29, 1.82) is 0 Å². The Labute approximate surface area is 112 Å². The number of hydrogen-bond acceptors (Lipinski definition) is 4. The molecule has 3 rings (SSSR count). The number of rotatable bonds is 2. The Kier molecular flexibility index (Phi) is 2.95. The molecule has 1 aliphatic rings. The van der Waals surface area contributed by atoms with Crippen LogP contribution in [0.25, 0.3) is 0 Å².